The molecule has 1 N–H and O–H groups in total. The summed E-state index contributed by atoms with van der Waals surface area (Å²) >= 11 is 0. The number of rotatable bonds is 6. The Morgan fingerprint density at radius 3 is 1.15 bits per heavy atom. The fraction of sp³-hybridized carbons (Fsp3) is 0.0400. The molecule has 0 spiro atoms. The molecule has 0 fully saturated rings. The van der Waals surface area contributed by atoms with Crippen LogP contribution in [0.4, 0.5) is 0 Å². The first-order valence-electron chi connectivity index (χ1n) is 9.18. The first kappa shape index (κ1) is 17.7. The highest BCUT2D eigenvalue weighted by molar-refractivity contribution is 7.71. The van der Waals surface area contributed by atoms with Gasteiger partial charge < -0.3 is 0 Å². The van der Waals surface area contributed by atoms with Crippen LogP contribution in [0.5, 0.6) is 0 Å². The van der Waals surface area contributed by atoms with Crippen LogP contribution in [0, 0.1) is 0 Å². The van der Waals surface area contributed by atoms with Crippen molar-refractivity contribution in [3.63, 3.8) is 0 Å². The summed E-state index contributed by atoms with van der Waals surface area (Å²) in [6.07, 6.45) is 0. The van der Waals surface area contributed by atoms with E-state index in [-0.39, 0.29) is 6.04 Å². The van der Waals surface area contributed by atoms with E-state index in [1.165, 1.54) is 21.7 Å². The van der Waals surface area contributed by atoms with Crippen LogP contribution in [0.25, 0.3) is 0 Å². The molecule has 0 radical (unpaired) electrons. The number of hydrogen-bond acceptors (Lipinski definition) is 1. The number of nitrogens with one attached hydrogen (secondary N) is 1. The maximum absolute atomic E-state index is 3.98. The van der Waals surface area contributed by atoms with Crippen molar-refractivity contribution in [3.05, 3.63) is 132 Å². The summed E-state index contributed by atoms with van der Waals surface area (Å²) < 4.78 is 0. The van der Waals surface area contributed by atoms with Gasteiger partial charge in [-0.15, -0.1) is 0 Å². The van der Waals surface area contributed by atoms with Crippen molar-refractivity contribution in [3.8, 4) is 0 Å². The second-order valence-corrected chi connectivity index (χ2v) is 8.35. The van der Waals surface area contributed by atoms with Crippen molar-refractivity contribution >= 4 is 18.7 Å². The molecule has 0 saturated heterocycles. The van der Waals surface area contributed by atoms with Crippen molar-refractivity contribution in [1.82, 2.24) is 5.09 Å². The summed E-state index contributed by atoms with van der Waals surface area (Å²) in [5.74, 6) is 0. The molecule has 4 aromatic carbocycles. The second kappa shape index (κ2) is 8.77. The Morgan fingerprint density at radius 1 is 0.444 bits per heavy atom. The van der Waals surface area contributed by atoms with Crippen molar-refractivity contribution in [2.45, 2.75) is 6.04 Å². The van der Waals surface area contributed by atoms with Crippen LogP contribution >= 0.6 is 8.07 Å². The van der Waals surface area contributed by atoms with E-state index in [1.807, 2.05) is 0 Å². The molecule has 2 heteroatoms. The summed E-state index contributed by atoms with van der Waals surface area (Å²) in [6.45, 7) is 0. The number of hydrogen-bond donors (Lipinski definition) is 1. The molecule has 0 unspecified atom stereocenters. The van der Waals surface area contributed by atoms with Crippen molar-refractivity contribution in [2.75, 3.05) is 0 Å². The zero-order valence-corrected chi connectivity index (χ0v) is 16.0. The Kier molecular flexibility index (Phi) is 5.74. The molecular weight excluding hydrogens is 345 g/mol. The Morgan fingerprint density at radius 2 is 0.778 bits per heavy atom. The molecule has 0 bridgehead atoms. The zero-order valence-electron chi connectivity index (χ0n) is 15.1. The van der Waals surface area contributed by atoms with Crippen LogP contribution in [0.1, 0.15) is 17.2 Å². The first-order valence-corrected chi connectivity index (χ1v) is 10.5. The highest BCUT2D eigenvalue weighted by Gasteiger charge is 2.21. The third-order valence-corrected chi connectivity index (χ3v) is 6.70. The van der Waals surface area contributed by atoms with E-state index in [0.717, 1.165) is 0 Å². The molecule has 0 amide bonds. The highest BCUT2D eigenvalue weighted by atomic mass is 31.1. The van der Waals surface area contributed by atoms with Crippen LogP contribution in [0.2, 0.25) is 0 Å². The van der Waals surface area contributed by atoms with Crippen LogP contribution in [0.3, 0.4) is 0 Å². The van der Waals surface area contributed by atoms with E-state index >= 15 is 0 Å². The van der Waals surface area contributed by atoms with Gasteiger partial charge in [-0.05, 0) is 21.7 Å². The monoisotopic (exact) mass is 367 g/mol. The van der Waals surface area contributed by atoms with Crippen LogP contribution in [-0.2, 0) is 0 Å². The third kappa shape index (κ3) is 4.34. The van der Waals surface area contributed by atoms with E-state index < -0.39 is 8.07 Å². The zero-order chi connectivity index (χ0) is 18.3. The van der Waals surface area contributed by atoms with Crippen molar-refractivity contribution in [1.29, 1.82) is 0 Å². The van der Waals surface area contributed by atoms with E-state index in [1.54, 1.807) is 0 Å². The molecule has 27 heavy (non-hydrogen) atoms. The number of benzene rings is 4. The average molecular weight is 367 g/mol. The van der Waals surface area contributed by atoms with E-state index in [9.17, 15) is 0 Å². The van der Waals surface area contributed by atoms with Gasteiger partial charge in [0.2, 0.25) is 0 Å². The van der Waals surface area contributed by atoms with E-state index in [2.05, 4.69) is 126 Å². The predicted molar refractivity (Wildman–Crippen MR) is 117 cm³/mol. The van der Waals surface area contributed by atoms with Crippen LogP contribution < -0.4 is 15.7 Å². The summed E-state index contributed by atoms with van der Waals surface area (Å²) in [6, 6.07) is 43.1. The SMILES string of the molecule is c1ccc(C(NP(c2ccccc2)c2ccccc2)c2ccccc2)cc1. The summed E-state index contributed by atoms with van der Waals surface area (Å²) in [5, 5.41) is 6.64. The minimum atomic E-state index is -0.687. The molecule has 0 saturated carbocycles. The molecule has 0 heterocycles. The Balaban J connectivity index is 1.77. The maximum atomic E-state index is 3.98. The topological polar surface area (TPSA) is 12.0 Å². The molecule has 0 aliphatic rings. The summed E-state index contributed by atoms with van der Waals surface area (Å²) in [5.41, 5.74) is 2.56. The molecule has 4 rings (SSSR count). The Hall–Kier alpha value is -2.73. The fourth-order valence-corrected chi connectivity index (χ4v) is 5.31. The van der Waals surface area contributed by atoms with Crippen LogP contribution in [0.15, 0.2) is 121 Å². The van der Waals surface area contributed by atoms with Gasteiger partial charge in [-0.1, -0.05) is 121 Å². The molecule has 4 aromatic rings. The molecule has 0 aliphatic heterocycles. The van der Waals surface area contributed by atoms with Gasteiger partial charge in [0, 0.05) is 8.07 Å². The maximum Gasteiger partial charge on any atom is 0.0614 e. The quantitative estimate of drug-likeness (QED) is 0.449. The highest BCUT2D eigenvalue weighted by Crippen LogP contribution is 2.35. The second-order valence-electron chi connectivity index (χ2n) is 6.39. The fourth-order valence-electron chi connectivity index (χ4n) is 3.21. The largest absolute Gasteiger partial charge is 0.277 e. The lowest BCUT2D eigenvalue weighted by Crippen LogP contribution is -2.27. The van der Waals surface area contributed by atoms with Gasteiger partial charge in [-0.25, -0.2) is 0 Å². The summed E-state index contributed by atoms with van der Waals surface area (Å²) in [4.78, 5) is 0. The van der Waals surface area contributed by atoms with E-state index in [0.29, 0.717) is 0 Å². The van der Waals surface area contributed by atoms with Crippen LogP contribution in [-0.4, -0.2) is 0 Å². The molecule has 1 nitrogen and oxygen atoms in total. The van der Waals surface area contributed by atoms with Gasteiger partial charge >= 0.3 is 0 Å². The molecule has 0 atom stereocenters. The minimum absolute atomic E-state index is 0.138. The van der Waals surface area contributed by atoms with Gasteiger partial charge in [-0.3, -0.25) is 5.09 Å². The standard InChI is InChI=1S/C25H22NP/c1-5-13-21(14-6-1)25(22-15-7-2-8-16-22)26-27(23-17-9-3-10-18-23)24-19-11-4-12-20-24/h1-20,25-26H. The molecule has 132 valence electrons. The minimum Gasteiger partial charge on any atom is -0.277 e. The lowest BCUT2D eigenvalue weighted by atomic mass is 10.00. The molecular formula is C25H22NP. The predicted octanol–water partition coefficient (Wildman–Crippen LogP) is 5.41. The van der Waals surface area contributed by atoms with Gasteiger partial charge in [-0.2, -0.15) is 0 Å². The van der Waals surface area contributed by atoms with E-state index in [4.69, 9.17) is 0 Å². The average Bonchev–Trinajstić information content (AvgIpc) is 2.77. The lowest BCUT2D eigenvalue weighted by Gasteiger charge is -2.27. The smallest absolute Gasteiger partial charge is 0.0614 e. The third-order valence-electron chi connectivity index (χ3n) is 4.55. The van der Waals surface area contributed by atoms with Gasteiger partial charge in [0.15, 0.2) is 0 Å². The molecule has 0 aliphatic carbocycles. The molecule has 0 aromatic heterocycles. The van der Waals surface area contributed by atoms with Gasteiger partial charge in [0.1, 0.15) is 0 Å². The summed E-state index contributed by atoms with van der Waals surface area (Å²) in [7, 11) is -0.687. The Bertz CT molecular complexity index is 780. The normalized spacial score (nSPS) is 11.0. The first-order chi connectivity index (χ1) is 13.4. The van der Waals surface area contributed by atoms with Gasteiger partial charge in [0.05, 0.1) is 6.04 Å². The Labute approximate surface area is 162 Å². The lowest BCUT2D eigenvalue weighted by molar-refractivity contribution is 0.797. The van der Waals surface area contributed by atoms with Crippen molar-refractivity contribution < 1.29 is 0 Å². The van der Waals surface area contributed by atoms with Crippen molar-refractivity contribution in [2.24, 2.45) is 0 Å². The van der Waals surface area contributed by atoms with Gasteiger partial charge in [0.25, 0.3) is 0 Å².